The highest BCUT2D eigenvalue weighted by Crippen LogP contribution is 2.07. The van der Waals surface area contributed by atoms with Crippen LogP contribution in [0.3, 0.4) is 0 Å². The van der Waals surface area contributed by atoms with Gasteiger partial charge in [-0.25, -0.2) is 9.97 Å². The van der Waals surface area contributed by atoms with Crippen LogP contribution < -0.4 is 10.6 Å². The van der Waals surface area contributed by atoms with Gasteiger partial charge in [-0.2, -0.15) is 0 Å². The largest absolute Gasteiger partial charge is 0.350 e. The molecule has 0 radical (unpaired) electrons. The molecule has 0 saturated heterocycles. The number of carbonyl (C=O) groups is 1. The van der Waals surface area contributed by atoms with Crippen LogP contribution in [-0.2, 0) is 6.54 Å². The van der Waals surface area contributed by atoms with E-state index in [9.17, 15) is 4.79 Å². The Kier molecular flexibility index (Phi) is 5.41. The number of aromatic nitrogens is 3. The minimum absolute atomic E-state index is 0.177. The zero-order chi connectivity index (χ0) is 15.9. The lowest BCUT2D eigenvalue weighted by Gasteiger charge is -2.10. The molecule has 0 saturated carbocycles. The Balaban J connectivity index is 2.04. The molecule has 1 amide bonds. The van der Waals surface area contributed by atoms with Crippen molar-refractivity contribution < 1.29 is 4.79 Å². The molecule has 22 heavy (non-hydrogen) atoms. The van der Waals surface area contributed by atoms with Crippen LogP contribution in [0.4, 0.5) is 5.95 Å². The minimum Gasteiger partial charge on any atom is -0.350 e. The molecule has 6 heteroatoms. The van der Waals surface area contributed by atoms with Gasteiger partial charge < -0.3 is 10.6 Å². The van der Waals surface area contributed by atoms with Gasteiger partial charge in [0.05, 0.1) is 0 Å². The van der Waals surface area contributed by atoms with Gasteiger partial charge in [-0.15, -0.1) is 0 Å². The molecule has 2 rings (SSSR count). The molecule has 0 atom stereocenters. The lowest BCUT2D eigenvalue weighted by atomic mass is 10.2. The van der Waals surface area contributed by atoms with E-state index in [0.29, 0.717) is 30.6 Å². The Morgan fingerprint density at radius 2 is 2.14 bits per heavy atom. The topological polar surface area (TPSA) is 79.8 Å². The molecule has 0 aromatic carbocycles. The third-order valence-corrected chi connectivity index (χ3v) is 2.93. The van der Waals surface area contributed by atoms with Crippen molar-refractivity contribution in [2.24, 2.45) is 5.92 Å². The Hall–Kier alpha value is -2.50. The Morgan fingerprint density at radius 3 is 2.82 bits per heavy atom. The number of hydrogen-bond donors (Lipinski definition) is 2. The van der Waals surface area contributed by atoms with Crippen LogP contribution in [0.5, 0.6) is 0 Å². The summed E-state index contributed by atoms with van der Waals surface area (Å²) in [5, 5.41) is 5.98. The summed E-state index contributed by atoms with van der Waals surface area (Å²) in [4.78, 5) is 24.7. The lowest BCUT2D eigenvalue weighted by molar-refractivity contribution is 0.0944. The van der Waals surface area contributed by atoms with E-state index < -0.39 is 0 Å². The predicted octanol–water partition coefficient (Wildman–Crippen LogP) is 2.18. The summed E-state index contributed by atoms with van der Waals surface area (Å²) < 4.78 is 0. The number of rotatable bonds is 6. The van der Waals surface area contributed by atoms with E-state index in [1.54, 1.807) is 18.5 Å². The molecule has 2 aromatic rings. The van der Waals surface area contributed by atoms with Crippen molar-refractivity contribution in [3.05, 3.63) is 47.5 Å². The van der Waals surface area contributed by atoms with Crippen molar-refractivity contribution in [2.45, 2.75) is 27.3 Å². The van der Waals surface area contributed by atoms with Crippen molar-refractivity contribution in [3.8, 4) is 0 Å². The highest BCUT2D eigenvalue weighted by molar-refractivity contribution is 5.92. The summed E-state index contributed by atoms with van der Waals surface area (Å²) in [5.41, 5.74) is 2.15. The SMILES string of the molecule is Cc1cc(C(=O)NCC(C)C)nc(NCc2cccnc2)n1. The molecule has 6 nitrogen and oxygen atoms in total. The van der Waals surface area contributed by atoms with Crippen LogP contribution in [0.15, 0.2) is 30.6 Å². The van der Waals surface area contributed by atoms with E-state index in [-0.39, 0.29) is 5.91 Å². The quantitative estimate of drug-likeness (QED) is 0.854. The fourth-order valence-electron chi connectivity index (χ4n) is 1.84. The molecule has 0 aliphatic heterocycles. The summed E-state index contributed by atoms with van der Waals surface area (Å²) in [6.45, 7) is 7.12. The maximum atomic E-state index is 12.1. The Bertz CT molecular complexity index is 628. The molecule has 0 bridgehead atoms. The average Bonchev–Trinajstić information content (AvgIpc) is 2.51. The predicted molar refractivity (Wildman–Crippen MR) is 85.5 cm³/mol. The first kappa shape index (κ1) is 15.9. The lowest BCUT2D eigenvalue weighted by Crippen LogP contribution is -2.28. The van der Waals surface area contributed by atoms with Gasteiger partial charge in [0.15, 0.2) is 0 Å². The van der Waals surface area contributed by atoms with E-state index in [2.05, 4.69) is 25.6 Å². The smallest absolute Gasteiger partial charge is 0.270 e. The highest BCUT2D eigenvalue weighted by atomic mass is 16.1. The van der Waals surface area contributed by atoms with Gasteiger partial charge in [0.2, 0.25) is 5.95 Å². The molecule has 116 valence electrons. The molecule has 0 fully saturated rings. The van der Waals surface area contributed by atoms with Crippen LogP contribution >= 0.6 is 0 Å². The number of nitrogens with zero attached hydrogens (tertiary/aromatic N) is 3. The second-order valence-electron chi connectivity index (χ2n) is 5.54. The number of aryl methyl sites for hydroxylation is 1. The van der Waals surface area contributed by atoms with Gasteiger partial charge in [0.1, 0.15) is 5.69 Å². The first-order valence-corrected chi connectivity index (χ1v) is 7.31. The van der Waals surface area contributed by atoms with E-state index >= 15 is 0 Å². The fraction of sp³-hybridized carbons (Fsp3) is 0.375. The maximum Gasteiger partial charge on any atom is 0.270 e. The van der Waals surface area contributed by atoms with Crippen molar-refractivity contribution in [1.82, 2.24) is 20.3 Å². The van der Waals surface area contributed by atoms with Crippen molar-refractivity contribution in [3.63, 3.8) is 0 Å². The number of amides is 1. The van der Waals surface area contributed by atoms with Gasteiger partial charge in [0, 0.05) is 31.2 Å². The van der Waals surface area contributed by atoms with Crippen molar-refractivity contribution in [1.29, 1.82) is 0 Å². The third-order valence-electron chi connectivity index (χ3n) is 2.93. The number of hydrogen-bond acceptors (Lipinski definition) is 5. The first-order chi connectivity index (χ1) is 10.5. The van der Waals surface area contributed by atoms with Crippen molar-refractivity contribution >= 4 is 11.9 Å². The third kappa shape index (κ3) is 4.80. The van der Waals surface area contributed by atoms with Crippen molar-refractivity contribution in [2.75, 3.05) is 11.9 Å². The summed E-state index contributed by atoms with van der Waals surface area (Å²) in [7, 11) is 0. The number of carbonyl (C=O) groups excluding carboxylic acids is 1. The molecule has 2 aromatic heterocycles. The minimum atomic E-state index is -0.177. The van der Waals surface area contributed by atoms with E-state index in [1.807, 2.05) is 32.9 Å². The highest BCUT2D eigenvalue weighted by Gasteiger charge is 2.10. The Labute approximate surface area is 130 Å². The second kappa shape index (κ2) is 7.49. The first-order valence-electron chi connectivity index (χ1n) is 7.31. The monoisotopic (exact) mass is 299 g/mol. The van der Waals surface area contributed by atoms with E-state index in [1.165, 1.54) is 0 Å². The van der Waals surface area contributed by atoms with E-state index in [4.69, 9.17) is 0 Å². The zero-order valence-electron chi connectivity index (χ0n) is 13.1. The molecule has 2 heterocycles. The number of anilines is 1. The maximum absolute atomic E-state index is 12.1. The van der Waals surface area contributed by atoms with Gasteiger partial charge >= 0.3 is 0 Å². The van der Waals surface area contributed by atoms with Gasteiger partial charge in [-0.1, -0.05) is 19.9 Å². The summed E-state index contributed by atoms with van der Waals surface area (Å²) in [6.07, 6.45) is 3.50. The van der Waals surface area contributed by atoms with Gasteiger partial charge in [-0.05, 0) is 30.5 Å². The fourth-order valence-corrected chi connectivity index (χ4v) is 1.84. The summed E-state index contributed by atoms with van der Waals surface area (Å²) in [5.74, 6) is 0.664. The van der Waals surface area contributed by atoms with Crippen LogP contribution in [0, 0.1) is 12.8 Å². The average molecular weight is 299 g/mol. The second-order valence-corrected chi connectivity index (χ2v) is 5.54. The Morgan fingerprint density at radius 1 is 1.32 bits per heavy atom. The summed E-state index contributed by atoms with van der Waals surface area (Å²) in [6, 6.07) is 5.52. The zero-order valence-corrected chi connectivity index (χ0v) is 13.1. The molecular formula is C16H21N5O. The molecule has 0 aliphatic rings. The standard InChI is InChI=1S/C16H21N5O/c1-11(2)8-18-15(22)14-7-12(3)20-16(21-14)19-10-13-5-4-6-17-9-13/h4-7,9,11H,8,10H2,1-3H3,(H,18,22)(H,19,20,21). The summed E-state index contributed by atoms with van der Waals surface area (Å²) >= 11 is 0. The van der Waals surface area contributed by atoms with Crippen LogP contribution in [-0.4, -0.2) is 27.4 Å². The molecule has 2 N–H and O–H groups in total. The van der Waals surface area contributed by atoms with E-state index in [0.717, 1.165) is 11.3 Å². The normalized spacial score (nSPS) is 10.5. The molecule has 0 spiro atoms. The number of nitrogens with one attached hydrogen (secondary N) is 2. The molecule has 0 aliphatic carbocycles. The van der Waals surface area contributed by atoms with Gasteiger partial charge in [-0.3, -0.25) is 9.78 Å². The van der Waals surface area contributed by atoms with Crippen LogP contribution in [0.2, 0.25) is 0 Å². The number of pyridine rings is 1. The molecule has 0 unspecified atom stereocenters. The van der Waals surface area contributed by atoms with Crippen LogP contribution in [0.1, 0.15) is 35.6 Å². The van der Waals surface area contributed by atoms with Gasteiger partial charge in [0.25, 0.3) is 5.91 Å². The van der Waals surface area contributed by atoms with Crippen LogP contribution in [0.25, 0.3) is 0 Å². The molecular weight excluding hydrogens is 278 g/mol.